The van der Waals surface area contributed by atoms with Crippen LogP contribution >= 0.6 is 0 Å². The summed E-state index contributed by atoms with van der Waals surface area (Å²) in [4.78, 5) is 0. The molecule has 2 atom stereocenters. The van der Waals surface area contributed by atoms with Crippen LogP contribution in [-0.4, -0.2) is 31.0 Å². The average Bonchev–Trinajstić information content (AvgIpc) is 1.67. The lowest BCUT2D eigenvalue weighted by Gasteiger charge is -2.11. The van der Waals surface area contributed by atoms with Gasteiger partial charge < -0.3 is 15.6 Å². The van der Waals surface area contributed by atoms with Crippen molar-refractivity contribution >= 4 is 0 Å². The summed E-state index contributed by atoms with van der Waals surface area (Å²) in [6, 6.07) is -0.199. The summed E-state index contributed by atoms with van der Waals surface area (Å²) in [5.74, 6) is 0. The van der Waals surface area contributed by atoms with E-state index in [1.165, 1.54) is 7.11 Å². The van der Waals surface area contributed by atoms with Gasteiger partial charge in [0.05, 0.1) is 12.7 Å². The van der Waals surface area contributed by atoms with Crippen LogP contribution in [0.15, 0.2) is 0 Å². The highest BCUT2D eigenvalue weighted by molar-refractivity contribution is 4.63. The minimum absolute atomic E-state index is 0.199. The van der Waals surface area contributed by atoms with E-state index in [4.69, 9.17) is 10.8 Å². The molecule has 0 rings (SSSR count). The average molecular weight is 119 g/mol. The van der Waals surface area contributed by atoms with Crippen molar-refractivity contribution < 1.29 is 9.84 Å². The second-order valence-electron chi connectivity index (χ2n) is 1.88. The van der Waals surface area contributed by atoms with Crippen molar-refractivity contribution in [2.24, 2.45) is 5.73 Å². The van der Waals surface area contributed by atoms with Gasteiger partial charge in [0.25, 0.3) is 0 Å². The molecule has 0 aliphatic heterocycles. The first-order valence-electron chi connectivity index (χ1n) is 2.61. The Morgan fingerprint density at radius 1 is 1.75 bits per heavy atom. The largest absolute Gasteiger partial charge is 0.389 e. The number of aliphatic hydroxyl groups is 1. The van der Waals surface area contributed by atoms with Crippen LogP contribution in [0.2, 0.25) is 0 Å². The monoisotopic (exact) mass is 119 g/mol. The van der Waals surface area contributed by atoms with Gasteiger partial charge in [0.2, 0.25) is 0 Å². The van der Waals surface area contributed by atoms with E-state index in [2.05, 4.69) is 4.74 Å². The third-order valence-corrected chi connectivity index (χ3v) is 0.944. The Morgan fingerprint density at radius 3 is 2.38 bits per heavy atom. The van der Waals surface area contributed by atoms with Gasteiger partial charge >= 0.3 is 0 Å². The van der Waals surface area contributed by atoms with Crippen LogP contribution in [0.4, 0.5) is 0 Å². The van der Waals surface area contributed by atoms with Gasteiger partial charge in [-0.15, -0.1) is 0 Å². The molecule has 0 bridgehead atoms. The molecule has 0 saturated heterocycles. The van der Waals surface area contributed by atoms with E-state index in [0.29, 0.717) is 6.61 Å². The summed E-state index contributed by atoms with van der Waals surface area (Å²) in [5, 5.41) is 8.88. The van der Waals surface area contributed by atoms with E-state index in [1.54, 1.807) is 6.92 Å². The second-order valence-corrected chi connectivity index (χ2v) is 1.88. The lowest BCUT2D eigenvalue weighted by atomic mass is 10.2. The van der Waals surface area contributed by atoms with Crippen LogP contribution in [0.3, 0.4) is 0 Å². The van der Waals surface area contributed by atoms with Crippen molar-refractivity contribution in [2.45, 2.75) is 19.1 Å². The van der Waals surface area contributed by atoms with Crippen molar-refractivity contribution in [3.63, 3.8) is 0 Å². The quantitative estimate of drug-likeness (QED) is 0.518. The Hall–Kier alpha value is -0.120. The Morgan fingerprint density at radius 2 is 2.25 bits per heavy atom. The summed E-state index contributed by atoms with van der Waals surface area (Å²) < 4.78 is 4.63. The molecule has 3 N–H and O–H groups in total. The first-order valence-corrected chi connectivity index (χ1v) is 2.61. The number of hydrogen-bond donors (Lipinski definition) is 2. The van der Waals surface area contributed by atoms with Crippen LogP contribution in [0.5, 0.6) is 0 Å². The number of aliphatic hydroxyl groups excluding tert-OH is 1. The van der Waals surface area contributed by atoms with Gasteiger partial charge in [0.15, 0.2) is 0 Å². The Kier molecular flexibility index (Phi) is 3.77. The number of ether oxygens (including phenoxy) is 1. The van der Waals surface area contributed by atoms with E-state index in [9.17, 15) is 0 Å². The van der Waals surface area contributed by atoms with Gasteiger partial charge in [-0.3, -0.25) is 0 Å². The third kappa shape index (κ3) is 2.96. The predicted octanol–water partition coefficient (Wildman–Crippen LogP) is -0.659. The van der Waals surface area contributed by atoms with Crippen molar-refractivity contribution in [3.05, 3.63) is 0 Å². The zero-order valence-corrected chi connectivity index (χ0v) is 5.29. The molecule has 0 radical (unpaired) electrons. The number of hydrogen-bond acceptors (Lipinski definition) is 3. The molecule has 0 saturated carbocycles. The van der Waals surface area contributed by atoms with E-state index in [1.807, 2.05) is 0 Å². The predicted molar refractivity (Wildman–Crippen MR) is 31.5 cm³/mol. The molecule has 3 heteroatoms. The minimum atomic E-state index is -0.528. The summed E-state index contributed by atoms with van der Waals surface area (Å²) in [6.45, 7) is 2.06. The number of nitrogens with two attached hydrogens (primary N) is 1. The molecule has 0 aliphatic carbocycles. The van der Waals surface area contributed by atoms with E-state index >= 15 is 0 Å². The molecular formula is C5H13NO2. The third-order valence-electron chi connectivity index (χ3n) is 0.944. The molecule has 3 nitrogen and oxygen atoms in total. The van der Waals surface area contributed by atoms with Gasteiger partial charge in [-0.2, -0.15) is 0 Å². The van der Waals surface area contributed by atoms with Crippen LogP contribution in [0.1, 0.15) is 6.92 Å². The number of rotatable bonds is 3. The van der Waals surface area contributed by atoms with Crippen molar-refractivity contribution in [2.75, 3.05) is 13.7 Å². The van der Waals surface area contributed by atoms with Crippen LogP contribution < -0.4 is 5.73 Å². The molecule has 50 valence electrons. The van der Waals surface area contributed by atoms with E-state index in [-0.39, 0.29) is 6.04 Å². The van der Waals surface area contributed by atoms with Crippen LogP contribution in [-0.2, 0) is 4.74 Å². The van der Waals surface area contributed by atoms with Gasteiger partial charge in [0, 0.05) is 13.2 Å². The molecule has 0 aromatic heterocycles. The second kappa shape index (κ2) is 3.83. The SMILES string of the molecule is COCC(O)[C@H](C)N. The Labute approximate surface area is 49.4 Å². The molecule has 0 aromatic rings. The van der Waals surface area contributed by atoms with Gasteiger partial charge in [0.1, 0.15) is 0 Å². The highest BCUT2D eigenvalue weighted by Crippen LogP contribution is 1.87. The standard InChI is InChI=1S/C5H13NO2/c1-4(6)5(7)3-8-2/h4-5,7H,3,6H2,1-2H3/t4-,5?/m0/s1. The number of methoxy groups -OCH3 is 1. The lowest BCUT2D eigenvalue weighted by Crippen LogP contribution is -2.34. The van der Waals surface area contributed by atoms with Gasteiger partial charge in [-0.1, -0.05) is 0 Å². The fraction of sp³-hybridized carbons (Fsp3) is 1.00. The highest BCUT2D eigenvalue weighted by Gasteiger charge is 2.06. The fourth-order valence-corrected chi connectivity index (χ4v) is 0.323. The van der Waals surface area contributed by atoms with Crippen molar-refractivity contribution in [1.29, 1.82) is 0 Å². The molecule has 0 fully saturated rings. The first-order chi connectivity index (χ1) is 3.68. The molecule has 1 unspecified atom stereocenters. The topological polar surface area (TPSA) is 55.5 Å². The van der Waals surface area contributed by atoms with Gasteiger partial charge in [-0.25, -0.2) is 0 Å². The van der Waals surface area contributed by atoms with Crippen molar-refractivity contribution in [1.82, 2.24) is 0 Å². The fourth-order valence-electron chi connectivity index (χ4n) is 0.323. The highest BCUT2D eigenvalue weighted by atomic mass is 16.5. The summed E-state index contributed by atoms with van der Waals surface area (Å²) in [5.41, 5.74) is 5.29. The Balaban J connectivity index is 3.17. The molecule has 0 aromatic carbocycles. The maximum Gasteiger partial charge on any atom is 0.0921 e. The van der Waals surface area contributed by atoms with E-state index < -0.39 is 6.10 Å². The summed E-state index contributed by atoms with van der Waals surface area (Å²) >= 11 is 0. The molecule has 0 amide bonds. The zero-order chi connectivity index (χ0) is 6.57. The summed E-state index contributed by atoms with van der Waals surface area (Å²) in [7, 11) is 1.53. The lowest BCUT2D eigenvalue weighted by molar-refractivity contribution is 0.0517. The molecule has 0 aliphatic rings. The molecule has 8 heavy (non-hydrogen) atoms. The van der Waals surface area contributed by atoms with Crippen LogP contribution in [0, 0.1) is 0 Å². The summed E-state index contributed by atoms with van der Waals surface area (Å²) in [6.07, 6.45) is -0.528. The molecular weight excluding hydrogens is 106 g/mol. The normalized spacial score (nSPS) is 18.0. The maximum absolute atomic E-state index is 8.88. The maximum atomic E-state index is 8.88. The first kappa shape index (κ1) is 7.88. The molecule has 0 heterocycles. The van der Waals surface area contributed by atoms with Gasteiger partial charge in [-0.05, 0) is 6.92 Å². The zero-order valence-electron chi connectivity index (χ0n) is 5.29. The van der Waals surface area contributed by atoms with E-state index in [0.717, 1.165) is 0 Å². The van der Waals surface area contributed by atoms with Crippen LogP contribution in [0.25, 0.3) is 0 Å². The van der Waals surface area contributed by atoms with Crippen molar-refractivity contribution in [3.8, 4) is 0 Å². The Bertz CT molecular complexity index is 56.4. The minimum Gasteiger partial charge on any atom is -0.389 e. The smallest absolute Gasteiger partial charge is 0.0921 e. The molecule has 0 spiro atoms.